The zero-order valence-electron chi connectivity index (χ0n) is 52.9. The molecule has 2 unspecified atom stereocenters. The van der Waals surface area contributed by atoms with E-state index in [0.717, 1.165) is 44.9 Å². The Morgan fingerprint density at radius 3 is 0.910 bits per heavy atom. The van der Waals surface area contributed by atoms with E-state index in [0.29, 0.717) is 19.4 Å². The van der Waals surface area contributed by atoms with E-state index in [-0.39, 0.29) is 18.5 Å². The maximum absolute atomic E-state index is 12.5. The number of rotatable bonds is 67. The lowest BCUT2D eigenvalue weighted by Gasteiger charge is -2.20. The van der Waals surface area contributed by atoms with E-state index in [4.69, 9.17) is 4.74 Å². The second-order valence-electron chi connectivity index (χ2n) is 24.6. The maximum Gasteiger partial charge on any atom is 0.305 e. The van der Waals surface area contributed by atoms with Crippen molar-refractivity contribution in [2.75, 3.05) is 13.2 Å². The molecule has 462 valence electrons. The molecule has 0 aromatic rings. The Bertz CT molecular complexity index is 1220. The highest BCUT2D eigenvalue weighted by atomic mass is 16.5. The Morgan fingerprint density at radius 2 is 0.603 bits per heavy atom. The summed E-state index contributed by atoms with van der Waals surface area (Å²) in [5, 5.41) is 23.3. The topological polar surface area (TPSA) is 95.9 Å². The molecule has 0 spiro atoms. The van der Waals surface area contributed by atoms with Crippen molar-refractivity contribution >= 4 is 11.9 Å². The van der Waals surface area contributed by atoms with Crippen molar-refractivity contribution in [3.8, 4) is 0 Å². The van der Waals surface area contributed by atoms with E-state index in [9.17, 15) is 19.8 Å². The van der Waals surface area contributed by atoms with Gasteiger partial charge in [-0.2, -0.15) is 0 Å². The summed E-state index contributed by atoms with van der Waals surface area (Å²) in [6, 6.07) is -0.636. The Hall–Kier alpha value is -1.66. The molecule has 0 fully saturated rings. The Labute approximate surface area is 488 Å². The van der Waals surface area contributed by atoms with Gasteiger partial charge >= 0.3 is 5.97 Å². The molecule has 0 saturated carbocycles. The quantitative estimate of drug-likeness (QED) is 0.0320. The SMILES string of the molecule is CCCCCCCCCCCCCCCCCCCCCCCCC/C=C/C(O)C(CO)NC(=O)CCCCCCCCC/C=C\CCCCCCCCCCOC(=O)CCCCCCCCCCCCCCCCCCC. The van der Waals surface area contributed by atoms with Crippen molar-refractivity contribution < 1.29 is 24.5 Å². The van der Waals surface area contributed by atoms with Gasteiger partial charge in [-0.3, -0.25) is 9.59 Å². The Kier molecular flexibility index (Phi) is 66.4. The van der Waals surface area contributed by atoms with Gasteiger partial charge in [0.2, 0.25) is 5.91 Å². The van der Waals surface area contributed by atoms with Crippen LogP contribution in [0.2, 0.25) is 0 Å². The highest BCUT2D eigenvalue weighted by Crippen LogP contribution is 2.19. The Morgan fingerprint density at radius 1 is 0.346 bits per heavy atom. The van der Waals surface area contributed by atoms with E-state index >= 15 is 0 Å². The molecule has 0 heterocycles. The van der Waals surface area contributed by atoms with Gasteiger partial charge in [0.25, 0.3) is 0 Å². The number of allylic oxidation sites excluding steroid dienone is 3. The third kappa shape index (κ3) is 63.5. The van der Waals surface area contributed by atoms with Crippen molar-refractivity contribution in [1.82, 2.24) is 5.32 Å². The molecule has 2 atom stereocenters. The van der Waals surface area contributed by atoms with Gasteiger partial charge in [0.15, 0.2) is 0 Å². The predicted molar refractivity (Wildman–Crippen MR) is 343 cm³/mol. The summed E-state index contributed by atoms with van der Waals surface area (Å²) in [5.74, 6) is -0.0648. The van der Waals surface area contributed by atoms with Gasteiger partial charge in [-0.05, 0) is 57.8 Å². The number of nitrogens with one attached hydrogen (secondary N) is 1. The lowest BCUT2D eigenvalue weighted by molar-refractivity contribution is -0.143. The van der Waals surface area contributed by atoms with Crippen LogP contribution in [-0.2, 0) is 14.3 Å². The number of ether oxygens (including phenoxy) is 1. The molecule has 0 saturated heterocycles. The molecule has 0 aliphatic rings. The van der Waals surface area contributed by atoms with Crippen LogP contribution in [0.15, 0.2) is 24.3 Å². The van der Waals surface area contributed by atoms with E-state index in [1.54, 1.807) is 6.08 Å². The van der Waals surface area contributed by atoms with Crippen LogP contribution in [0.25, 0.3) is 0 Å². The van der Waals surface area contributed by atoms with Crippen LogP contribution >= 0.6 is 0 Å². The smallest absolute Gasteiger partial charge is 0.305 e. The normalized spacial score (nSPS) is 12.6. The van der Waals surface area contributed by atoms with Crippen LogP contribution in [0.5, 0.6) is 0 Å². The van der Waals surface area contributed by atoms with E-state index in [1.807, 2.05) is 6.08 Å². The highest BCUT2D eigenvalue weighted by molar-refractivity contribution is 5.76. The fraction of sp³-hybridized carbons (Fsp3) is 0.917. The summed E-state index contributed by atoms with van der Waals surface area (Å²) in [5.41, 5.74) is 0. The second-order valence-corrected chi connectivity index (χ2v) is 24.6. The maximum atomic E-state index is 12.5. The number of esters is 1. The first-order valence-electron chi connectivity index (χ1n) is 35.6. The number of carbonyl (C=O) groups is 2. The van der Waals surface area contributed by atoms with Gasteiger partial charge in [-0.15, -0.1) is 0 Å². The largest absolute Gasteiger partial charge is 0.466 e. The van der Waals surface area contributed by atoms with Crippen LogP contribution in [0, 0.1) is 0 Å². The number of aliphatic hydroxyl groups excluding tert-OH is 2. The number of hydrogen-bond acceptors (Lipinski definition) is 5. The molecule has 0 aliphatic heterocycles. The first-order valence-corrected chi connectivity index (χ1v) is 35.6. The number of hydrogen-bond donors (Lipinski definition) is 3. The minimum Gasteiger partial charge on any atom is -0.466 e. The molecule has 3 N–H and O–H groups in total. The van der Waals surface area contributed by atoms with E-state index in [2.05, 4.69) is 31.3 Å². The van der Waals surface area contributed by atoms with Crippen molar-refractivity contribution in [2.45, 2.75) is 411 Å². The van der Waals surface area contributed by atoms with Crippen molar-refractivity contribution in [2.24, 2.45) is 0 Å². The molecular formula is C72H139NO5. The molecule has 6 heteroatoms. The summed E-state index contributed by atoms with van der Waals surface area (Å²) in [6.07, 6.45) is 85.4. The number of unbranched alkanes of at least 4 members (excludes halogenated alkanes) is 54. The van der Waals surface area contributed by atoms with Crippen molar-refractivity contribution in [1.29, 1.82) is 0 Å². The first-order chi connectivity index (χ1) is 38.5. The van der Waals surface area contributed by atoms with E-state index in [1.165, 1.54) is 327 Å². The summed E-state index contributed by atoms with van der Waals surface area (Å²) >= 11 is 0. The van der Waals surface area contributed by atoms with Gasteiger partial charge in [0.1, 0.15) is 0 Å². The monoisotopic (exact) mass is 1100 g/mol. The lowest BCUT2D eigenvalue weighted by atomic mass is 10.0. The van der Waals surface area contributed by atoms with Gasteiger partial charge in [-0.1, -0.05) is 353 Å². The van der Waals surface area contributed by atoms with Gasteiger partial charge in [0, 0.05) is 12.8 Å². The molecule has 0 bridgehead atoms. The van der Waals surface area contributed by atoms with Gasteiger partial charge in [0.05, 0.1) is 25.4 Å². The first kappa shape index (κ1) is 76.3. The molecule has 0 aromatic carbocycles. The minimum absolute atomic E-state index is 0.00819. The lowest BCUT2D eigenvalue weighted by Crippen LogP contribution is -2.45. The molecule has 0 radical (unpaired) electrons. The summed E-state index contributed by atoms with van der Waals surface area (Å²) < 4.78 is 5.50. The molecule has 0 aliphatic carbocycles. The van der Waals surface area contributed by atoms with Gasteiger partial charge in [-0.25, -0.2) is 0 Å². The number of carbonyl (C=O) groups excluding carboxylic acids is 2. The average molecular weight is 1100 g/mol. The molecule has 0 rings (SSSR count). The highest BCUT2D eigenvalue weighted by Gasteiger charge is 2.18. The third-order valence-electron chi connectivity index (χ3n) is 16.7. The molecular weight excluding hydrogens is 959 g/mol. The zero-order valence-corrected chi connectivity index (χ0v) is 52.9. The van der Waals surface area contributed by atoms with Crippen LogP contribution in [-0.4, -0.2) is 47.4 Å². The van der Waals surface area contributed by atoms with E-state index < -0.39 is 12.1 Å². The summed E-state index contributed by atoms with van der Waals surface area (Å²) in [6.45, 7) is 4.94. The van der Waals surface area contributed by atoms with Crippen LogP contribution in [0.4, 0.5) is 0 Å². The van der Waals surface area contributed by atoms with Crippen LogP contribution in [0.3, 0.4) is 0 Å². The van der Waals surface area contributed by atoms with Crippen molar-refractivity contribution in [3.63, 3.8) is 0 Å². The summed E-state index contributed by atoms with van der Waals surface area (Å²) in [4.78, 5) is 24.6. The number of amides is 1. The van der Waals surface area contributed by atoms with Crippen molar-refractivity contribution in [3.05, 3.63) is 24.3 Å². The Balaban J connectivity index is 3.44. The molecule has 1 amide bonds. The molecule has 6 nitrogen and oxygen atoms in total. The minimum atomic E-state index is -0.852. The predicted octanol–water partition coefficient (Wildman–Crippen LogP) is 22.9. The van der Waals surface area contributed by atoms with Crippen LogP contribution in [0.1, 0.15) is 399 Å². The fourth-order valence-electron chi connectivity index (χ4n) is 11.3. The van der Waals surface area contributed by atoms with Gasteiger partial charge < -0.3 is 20.3 Å². The number of aliphatic hydroxyl groups is 2. The second kappa shape index (κ2) is 67.8. The molecule has 0 aromatic heterocycles. The molecule has 78 heavy (non-hydrogen) atoms. The average Bonchev–Trinajstić information content (AvgIpc) is 3.44. The third-order valence-corrected chi connectivity index (χ3v) is 16.7. The fourth-order valence-corrected chi connectivity index (χ4v) is 11.3. The van der Waals surface area contributed by atoms with Crippen LogP contribution < -0.4 is 5.32 Å². The standard InChI is InChI=1S/C72H139NO5/c1-3-5-7-9-11-13-15-17-19-21-22-23-24-25-26-27-29-33-36-40-44-48-52-56-60-64-70(75)69(68-74)73-71(76)65-61-57-53-49-45-41-37-34-30-28-31-35-39-43-47-51-55-59-63-67-78-72(77)66-62-58-54-50-46-42-38-32-20-18-16-14-12-10-8-6-4-2/h28,30,60,64,69-70,74-75H,3-27,29,31-59,61-63,65-68H2,1-2H3,(H,73,76)/b30-28-,64-60+. The summed E-state index contributed by atoms with van der Waals surface area (Å²) in [7, 11) is 0. The zero-order chi connectivity index (χ0) is 56.4.